The highest BCUT2D eigenvalue weighted by molar-refractivity contribution is 6.10. The fourth-order valence-corrected chi connectivity index (χ4v) is 5.10. The van der Waals surface area contributed by atoms with Crippen molar-refractivity contribution in [3.8, 4) is 11.9 Å². The molecule has 3 heterocycles. The quantitative estimate of drug-likeness (QED) is 0.284. The zero-order valence-electron chi connectivity index (χ0n) is 19.6. The number of aromatic nitrogens is 5. The molecule has 0 radical (unpaired) electrons. The van der Waals surface area contributed by atoms with Gasteiger partial charge in [0.15, 0.2) is 0 Å². The van der Waals surface area contributed by atoms with E-state index in [1.165, 1.54) is 21.5 Å². The SMILES string of the molecule is CC(C)c1nc(-n2c3ccccc3c3ccccc32)nc(-n2c3ccccc3c3ccccc32)n1. The number of nitrogens with zero attached hydrogens (tertiary/aromatic N) is 5. The Morgan fingerprint density at radius 1 is 0.457 bits per heavy atom. The molecule has 0 bridgehead atoms. The lowest BCUT2D eigenvalue weighted by Crippen LogP contribution is -2.12. The van der Waals surface area contributed by atoms with E-state index in [0.29, 0.717) is 11.9 Å². The first-order valence-electron chi connectivity index (χ1n) is 11.9. The van der Waals surface area contributed by atoms with Crippen LogP contribution in [0, 0.1) is 0 Å². The van der Waals surface area contributed by atoms with E-state index in [1.807, 2.05) is 0 Å². The molecule has 7 rings (SSSR count). The molecular formula is C30H23N5. The fourth-order valence-electron chi connectivity index (χ4n) is 5.10. The Labute approximate surface area is 202 Å². The smallest absolute Gasteiger partial charge is 0.239 e. The van der Waals surface area contributed by atoms with Crippen LogP contribution in [0.15, 0.2) is 97.1 Å². The van der Waals surface area contributed by atoms with Crippen LogP contribution in [0.2, 0.25) is 0 Å². The molecule has 5 nitrogen and oxygen atoms in total. The van der Waals surface area contributed by atoms with Gasteiger partial charge in [-0.2, -0.15) is 15.0 Å². The summed E-state index contributed by atoms with van der Waals surface area (Å²) >= 11 is 0. The van der Waals surface area contributed by atoms with Crippen LogP contribution < -0.4 is 0 Å². The molecule has 0 aliphatic rings. The Kier molecular flexibility index (Phi) is 4.27. The Balaban J connectivity index is 1.60. The number of para-hydroxylation sites is 4. The highest BCUT2D eigenvalue weighted by Gasteiger charge is 2.20. The molecule has 0 fully saturated rings. The van der Waals surface area contributed by atoms with Crippen LogP contribution in [0.1, 0.15) is 25.6 Å². The zero-order valence-corrected chi connectivity index (χ0v) is 19.6. The molecule has 5 heteroatoms. The summed E-state index contributed by atoms with van der Waals surface area (Å²) in [7, 11) is 0. The topological polar surface area (TPSA) is 48.5 Å². The van der Waals surface area contributed by atoms with Crippen LogP contribution in [-0.2, 0) is 0 Å². The van der Waals surface area contributed by atoms with Crippen molar-refractivity contribution in [1.82, 2.24) is 24.1 Å². The molecule has 0 aliphatic heterocycles. The summed E-state index contributed by atoms with van der Waals surface area (Å²) in [6, 6.07) is 33.7. The van der Waals surface area contributed by atoms with Gasteiger partial charge in [-0.25, -0.2) is 0 Å². The summed E-state index contributed by atoms with van der Waals surface area (Å²) in [5, 5.41) is 4.75. The van der Waals surface area contributed by atoms with Crippen LogP contribution in [-0.4, -0.2) is 24.1 Å². The zero-order chi connectivity index (χ0) is 23.5. The van der Waals surface area contributed by atoms with Crippen molar-refractivity contribution >= 4 is 43.6 Å². The molecule has 4 aromatic carbocycles. The van der Waals surface area contributed by atoms with Gasteiger partial charge in [-0.05, 0) is 24.3 Å². The van der Waals surface area contributed by atoms with Gasteiger partial charge >= 0.3 is 0 Å². The van der Waals surface area contributed by atoms with Crippen LogP contribution in [0.3, 0.4) is 0 Å². The first kappa shape index (κ1) is 19.9. The maximum Gasteiger partial charge on any atom is 0.239 e. The lowest BCUT2D eigenvalue weighted by molar-refractivity contribution is 0.734. The van der Waals surface area contributed by atoms with E-state index < -0.39 is 0 Å². The molecule has 0 unspecified atom stereocenters. The molecule has 0 N–H and O–H groups in total. The van der Waals surface area contributed by atoms with Gasteiger partial charge in [-0.15, -0.1) is 0 Å². The average Bonchev–Trinajstić information content (AvgIpc) is 3.42. The van der Waals surface area contributed by atoms with Gasteiger partial charge in [-0.1, -0.05) is 86.6 Å². The van der Waals surface area contributed by atoms with Crippen molar-refractivity contribution in [3.63, 3.8) is 0 Å². The van der Waals surface area contributed by atoms with E-state index in [9.17, 15) is 0 Å². The minimum atomic E-state index is 0.150. The molecule has 0 amide bonds. The molecule has 0 atom stereocenters. The molecule has 0 saturated heterocycles. The predicted molar refractivity (Wildman–Crippen MR) is 143 cm³/mol. The Morgan fingerprint density at radius 3 is 1.09 bits per heavy atom. The van der Waals surface area contributed by atoms with Gasteiger partial charge in [0.25, 0.3) is 0 Å². The van der Waals surface area contributed by atoms with Crippen LogP contribution in [0.25, 0.3) is 55.5 Å². The van der Waals surface area contributed by atoms with E-state index in [4.69, 9.17) is 15.0 Å². The first-order valence-corrected chi connectivity index (χ1v) is 11.9. The second kappa shape index (κ2) is 7.50. The highest BCUT2D eigenvalue weighted by Crippen LogP contribution is 2.33. The third kappa shape index (κ3) is 2.91. The predicted octanol–water partition coefficient (Wildman–Crippen LogP) is 7.19. The molecular weight excluding hydrogens is 430 g/mol. The van der Waals surface area contributed by atoms with Crippen molar-refractivity contribution in [2.24, 2.45) is 0 Å². The minimum absolute atomic E-state index is 0.150. The third-order valence-corrected chi connectivity index (χ3v) is 6.71. The monoisotopic (exact) mass is 453 g/mol. The summed E-state index contributed by atoms with van der Waals surface area (Å²) in [5.74, 6) is 2.20. The summed E-state index contributed by atoms with van der Waals surface area (Å²) in [6.45, 7) is 4.25. The average molecular weight is 454 g/mol. The maximum absolute atomic E-state index is 5.10. The standard InChI is InChI=1S/C30H23N5/c1-19(2)28-31-29(34-24-15-7-3-11-20(24)21-12-4-8-16-25(21)34)33-30(32-28)35-26-17-9-5-13-22(26)23-14-6-10-18-27(23)35/h3-19H,1-2H3. The number of rotatable bonds is 3. The minimum Gasteiger partial charge on any atom is -0.278 e. The molecule has 0 spiro atoms. The summed E-state index contributed by atoms with van der Waals surface area (Å²) < 4.78 is 4.32. The van der Waals surface area contributed by atoms with Crippen LogP contribution in [0.4, 0.5) is 0 Å². The number of fused-ring (bicyclic) bond motifs is 6. The van der Waals surface area contributed by atoms with Gasteiger partial charge < -0.3 is 0 Å². The van der Waals surface area contributed by atoms with E-state index in [2.05, 4.69) is 120 Å². The van der Waals surface area contributed by atoms with Crippen molar-refractivity contribution in [1.29, 1.82) is 0 Å². The van der Waals surface area contributed by atoms with Gasteiger partial charge in [0.2, 0.25) is 11.9 Å². The summed E-state index contributed by atoms with van der Waals surface area (Å²) in [4.78, 5) is 15.1. The second-order valence-electron chi connectivity index (χ2n) is 9.19. The van der Waals surface area contributed by atoms with Crippen LogP contribution >= 0.6 is 0 Å². The van der Waals surface area contributed by atoms with E-state index in [0.717, 1.165) is 27.9 Å². The van der Waals surface area contributed by atoms with Crippen LogP contribution in [0.5, 0.6) is 0 Å². The molecule has 7 aromatic rings. The van der Waals surface area contributed by atoms with Crippen molar-refractivity contribution in [3.05, 3.63) is 103 Å². The fraction of sp³-hybridized carbons (Fsp3) is 0.100. The lowest BCUT2D eigenvalue weighted by Gasteiger charge is -2.13. The third-order valence-electron chi connectivity index (χ3n) is 6.71. The molecule has 0 aliphatic carbocycles. The van der Waals surface area contributed by atoms with Crippen molar-refractivity contribution in [2.75, 3.05) is 0 Å². The van der Waals surface area contributed by atoms with E-state index in [1.54, 1.807) is 0 Å². The number of hydrogen-bond donors (Lipinski definition) is 0. The highest BCUT2D eigenvalue weighted by atomic mass is 15.3. The van der Waals surface area contributed by atoms with Gasteiger partial charge in [0.1, 0.15) is 5.82 Å². The van der Waals surface area contributed by atoms with Gasteiger partial charge in [0.05, 0.1) is 22.1 Å². The number of hydrogen-bond acceptors (Lipinski definition) is 3. The van der Waals surface area contributed by atoms with Gasteiger partial charge in [-0.3, -0.25) is 9.13 Å². The molecule has 168 valence electrons. The summed E-state index contributed by atoms with van der Waals surface area (Å²) in [5.41, 5.74) is 4.34. The van der Waals surface area contributed by atoms with Crippen molar-refractivity contribution < 1.29 is 0 Å². The normalized spacial score (nSPS) is 12.0. The molecule has 0 saturated carbocycles. The lowest BCUT2D eigenvalue weighted by atomic mass is 10.2. The summed E-state index contributed by atoms with van der Waals surface area (Å²) in [6.07, 6.45) is 0. The first-order chi connectivity index (χ1) is 17.2. The van der Waals surface area contributed by atoms with Gasteiger partial charge in [0, 0.05) is 27.5 Å². The van der Waals surface area contributed by atoms with Crippen molar-refractivity contribution in [2.45, 2.75) is 19.8 Å². The second-order valence-corrected chi connectivity index (χ2v) is 9.19. The Bertz CT molecular complexity index is 1650. The van der Waals surface area contributed by atoms with E-state index >= 15 is 0 Å². The Hall–Kier alpha value is -4.51. The Morgan fingerprint density at radius 2 is 0.771 bits per heavy atom. The number of benzene rings is 4. The van der Waals surface area contributed by atoms with E-state index in [-0.39, 0.29) is 5.92 Å². The largest absolute Gasteiger partial charge is 0.278 e. The maximum atomic E-state index is 5.10. The molecule has 3 aromatic heterocycles. The molecule has 35 heavy (non-hydrogen) atoms.